The van der Waals surface area contributed by atoms with Crippen molar-refractivity contribution in [2.45, 2.75) is 59.4 Å². The topological polar surface area (TPSA) is 15.7 Å². The molecule has 0 aromatic carbocycles. The zero-order valence-corrected chi connectivity index (χ0v) is 15.3. The van der Waals surface area contributed by atoms with Crippen LogP contribution in [0, 0.1) is 0 Å². The molecule has 0 aromatic rings. The minimum atomic E-state index is 0.683. The largest absolute Gasteiger partial charge is 0.501 e. The van der Waals surface area contributed by atoms with Crippen molar-refractivity contribution in [3.05, 3.63) is 23.6 Å². The average molecular weight is 296 g/mol. The van der Waals surface area contributed by atoms with Crippen LogP contribution in [0.5, 0.6) is 0 Å². The highest BCUT2D eigenvalue weighted by Gasteiger charge is 2.13. The molecule has 0 bridgehead atoms. The summed E-state index contributed by atoms with van der Waals surface area (Å²) in [7, 11) is 6.13. The summed E-state index contributed by atoms with van der Waals surface area (Å²) in [5.74, 6) is 0.938. The number of rotatable bonds is 11. The van der Waals surface area contributed by atoms with Crippen molar-refractivity contribution in [1.29, 1.82) is 0 Å². The zero-order valence-electron chi connectivity index (χ0n) is 15.3. The molecule has 0 fully saturated rings. The summed E-state index contributed by atoms with van der Waals surface area (Å²) < 4.78 is 5.16. The Morgan fingerprint density at radius 2 is 1.76 bits per heavy atom. The van der Waals surface area contributed by atoms with Gasteiger partial charge in [-0.15, -0.1) is 0 Å². The highest BCUT2D eigenvalue weighted by Crippen LogP contribution is 2.11. The van der Waals surface area contributed by atoms with Crippen LogP contribution in [0.15, 0.2) is 23.6 Å². The fraction of sp³-hybridized carbons (Fsp3) is 0.778. The Morgan fingerprint density at radius 3 is 2.29 bits per heavy atom. The van der Waals surface area contributed by atoms with Gasteiger partial charge in [0.2, 0.25) is 0 Å². The Labute approximate surface area is 132 Å². The molecule has 1 atom stereocenters. The van der Waals surface area contributed by atoms with E-state index in [1.807, 2.05) is 13.0 Å². The van der Waals surface area contributed by atoms with Crippen molar-refractivity contribution in [2.75, 3.05) is 34.3 Å². The number of nitrogens with zero attached hydrogens (tertiary/aromatic N) is 2. The first kappa shape index (κ1) is 20.0. The van der Waals surface area contributed by atoms with Crippen molar-refractivity contribution in [3.8, 4) is 0 Å². The Balaban J connectivity index is 4.33. The van der Waals surface area contributed by atoms with Crippen LogP contribution in [0.3, 0.4) is 0 Å². The van der Waals surface area contributed by atoms with Crippen molar-refractivity contribution in [1.82, 2.24) is 9.80 Å². The number of unbranched alkanes of at least 4 members (excludes halogenated alkanes) is 1. The molecular formula is C18H36N2O. The lowest BCUT2D eigenvalue weighted by Crippen LogP contribution is -2.34. The van der Waals surface area contributed by atoms with Crippen molar-refractivity contribution in [3.63, 3.8) is 0 Å². The summed E-state index contributed by atoms with van der Waals surface area (Å²) in [6, 6.07) is 0.683. The maximum atomic E-state index is 5.16. The van der Waals surface area contributed by atoms with Gasteiger partial charge in [0.1, 0.15) is 0 Å². The van der Waals surface area contributed by atoms with Crippen molar-refractivity contribution >= 4 is 0 Å². The average Bonchev–Trinajstić information content (AvgIpc) is 2.50. The first-order valence-corrected chi connectivity index (χ1v) is 8.26. The van der Waals surface area contributed by atoms with E-state index in [0.717, 1.165) is 12.3 Å². The maximum absolute atomic E-state index is 5.16. The van der Waals surface area contributed by atoms with Gasteiger partial charge in [-0.05, 0) is 58.9 Å². The third-order valence-electron chi connectivity index (χ3n) is 4.24. The van der Waals surface area contributed by atoms with Crippen LogP contribution in [0.25, 0.3) is 0 Å². The molecule has 0 aliphatic carbocycles. The third-order valence-corrected chi connectivity index (χ3v) is 4.24. The van der Waals surface area contributed by atoms with Gasteiger partial charge >= 0.3 is 0 Å². The standard InChI is InChI=1S/C18H36N2O/c1-8-10-14-20(6)18(9-2)13-15-19(5)16(3)11-12-17(4)21-7/h11-12,18H,8-10,13-15H2,1-7H3/b16-11+,17-12+. The molecule has 0 N–H and O–H groups in total. The van der Waals surface area contributed by atoms with Crippen molar-refractivity contribution < 1.29 is 4.74 Å². The number of hydrogen-bond acceptors (Lipinski definition) is 3. The SMILES string of the molecule is CCCCN(C)C(CC)CCN(C)/C(C)=C/C=C(\C)OC. The van der Waals surface area contributed by atoms with Gasteiger partial charge < -0.3 is 14.5 Å². The van der Waals surface area contributed by atoms with Gasteiger partial charge in [-0.2, -0.15) is 0 Å². The Kier molecular flexibility index (Phi) is 11.1. The normalized spacial score (nSPS) is 14.5. The second kappa shape index (κ2) is 11.7. The van der Waals surface area contributed by atoms with E-state index in [1.54, 1.807) is 7.11 Å². The lowest BCUT2D eigenvalue weighted by Gasteiger charge is -2.29. The van der Waals surface area contributed by atoms with E-state index in [0.29, 0.717) is 6.04 Å². The Bertz CT molecular complexity index is 323. The first-order chi connectivity index (χ1) is 9.96. The lowest BCUT2D eigenvalue weighted by molar-refractivity contribution is 0.206. The first-order valence-electron chi connectivity index (χ1n) is 8.26. The van der Waals surface area contributed by atoms with E-state index in [9.17, 15) is 0 Å². The summed E-state index contributed by atoms with van der Waals surface area (Å²) in [4.78, 5) is 4.85. The molecule has 0 saturated carbocycles. The Hall–Kier alpha value is -0.960. The van der Waals surface area contributed by atoms with E-state index in [1.165, 1.54) is 37.9 Å². The Morgan fingerprint density at radius 1 is 1.10 bits per heavy atom. The van der Waals surface area contributed by atoms with Crippen LogP contribution in [0.1, 0.15) is 53.4 Å². The summed E-state index contributed by atoms with van der Waals surface area (Å²) in [5.41, 5.74) is 1.28. The molecule has 0 radical (unpaired) electrons. The predicted octanol–water partition coefficient (Wildman–Crippen LogP) is 4.27. The van der Waals surface area contributed by atoms with Gasteiger partial charge in [-0.25, -0.2) is 0 Å². The molecule has 3 nitrogen and oxygen atoms in total. The summed E-state index contributed by atoms with van der Waals surface area (Å²) in [5, 5.41) is 0. The van der Waals surface area contributed by atoms with Gasteiger partial charge in [0.05, 0.1) is 12.9 Å². The highest BCUT2D eigenvalue weighted by molar-refractivity contribution is 5.11. The van der Waals surface area contributed by atoms with E-state index in [4.69, 9.17) is 4.74 Å². The molecule has 0 saturated heterocycles. The quantitative estimate of drug-likeness (QED) is 0.418. The number of allylic oxidation sites excluding steroid dienone is 4. The second-order valence-corrected chi connectivity index (χ2v) is 5.90. The molecule has 1 unspecified atom stereocenters. The van der Waals surface area contributed by atoms with Gasteiger partial charge in [0.15, 0.2) is 0 Å². The fourth-order valence-corrected chi connectivity index (χ4v) is 2.28. The van der Waals surface area contributed by atoms with E-state index in [2.05, 4.69) is 50.7 Å². The van der Waals surface area contributed by atoms with Gasteiger partial charge in [-0.1, -0.05) is 20.3 Å². The maximum Gasteiger partial charge on any atom is 0.0925 e. The molecule has 21 heavy (non-hydrogen) atoms. The fourth-order valence-electron chi connectivity index (χ4n) is 2.28. The molecule has 3 heteroatoms. The molecule has 0 amide bonds. The highest BCUT2D eigenvalue weighted by atomic mass is 16.5. The molecule has 0 aromatic heterocycles. The summed E-state index contributed by atoms with van der Waals surface area (Å²) in [6.45, 7) is 11.0. The summed E-state index contributed by atoms with van der Waals surface area (Å²) in [6.07, 6.45) is 9.15. The number of hydrogen-bond donors (Lipinski definition) is 0. The van der Waals surface area contributed by atoms with Crippen LogP contribution < -0.4 is 0 Å². The van der Waals surface area contributed by atoms with Gasteiger partial charge in [-0.3, -0.25) is 0 Å². The molecule has 0 heterocycles. The van der Waals surface area contributed by atoms with Crippen LogP contribution in [0.4, 0.5) is 0 Å². The molecule has 0 spiro atoms. The monoisotopic (exact) mass is 296 g/mol. The molecule has 124 valence electrons. The molecule has 0 aliphatic rings. The second-order valence-electron chi connectivity index (χ2n) is 5.90. The number of methoxy groups -OCH3 is 1. The van der Waals surface area contributed by atoms with Crippen LogP contribution in [-0.2, 0) is 4.74 Å². The van der Waals surface area contributed by atoms with E-state index >= 15 is 0 Å². The van der Waals surface area contributed by atoms with Crippen LogP contribution >= 0.6 is 0 Å². The van der Waals surface area contributed by atoms with Crippen molar-refractivity contribution in [2.24, 2.45) is 0 Å². The summed E-state index contributed by atoms with van der Waals surface area (Å²) >= 11 is 0. The van der Waals surface area contributed by atoms with Gasteiger partial charge in [0, 0.05) is 25.3 Å². The minimum Gasteiger partial charge on any atom is -0.501 e. The van der Waals surface area contributed by atoms with Crippen LogP contribution in [-0.4, -0.2) is 50.1 Å². The molecule has 0 rings (SSSR count). The third kappa shape index (κ3) is 8.82. The molecule has 0 aliphatic heterocycles. The van der Waals surface area contributed by atoms with Crippen LogP contribution in [0.2, 0.25) is 0 Å². The van der Waals surface area contributed by atoms with E-state index in [-0.39, 0.29) is 0 Å². The predicted molar refractivity (Wildman–Crippen MR) is 93.4 cm³/mol. The minimum absolute atomic E-state index is 0.683. The smallest absolute Gasteiger partial charge is 0.0925 e. The zero-order chi connectivity index (χ0) is 16.3. The molecular weight excluding hydrogens is 260 g/mol. The lowest BCUT2D eigenvalue weighted by atomic mass is 10.1. The van der Waals surface area contributed by atoms with Gasteiger partial charge in [0.25, 0.3) is 0 Å². The number of ether oxygens (including phenoxy) is 1. The van der Waals surface area contributed by atoms with E-state index < -0.39 is 0 Å².